The minimum Gasteiger partial charge on any atom is -0.301 e. The summed E-state index contributed by atoms with van der Waals surface area (Å²) in [5.41, 5.74) is -0.608. The van der Waals surface area contributed by atoms with Crippen LogP contribution in [0.1, 0.15) is 6.92 Å². The molecule has 2 nitrogen and oxygen atoms in total. The molecule has 0 heterocycles. The van der Waals surface area contributed by atoms with Crippen molar-refractivity contribution in [3.63, 3.8) is 0 Å². The van der Waals surface area contributed by atoms with Crippen molar-refractivity contribution in [2.75, 3.05) is 0 Å². The van der Waals surface area contributed by atoms with Crippen molar-refractivity contribution < 1.29 is 17.5 Å². The quantitative estimate of drug-likeness (QED) is 0.484. The molecule has 0 rings (SSSR count). The SMILES string of the molecule is C=C(C)C(F)(F)S(=O)O. The molecule has 0 fully saturated rings. The summed E-state index contributed by atoms with van der Waals surface area (Å²) in [4.78, 5) is 0. The molecular formula is C4H6F2O2S. The second-order valence-electron chi connectivity index (χ2n) is 1.55. The highest BCUT2D eigenvalue weighted by Crippen LogP contribution is 2.24. The molecular weight excluding hydrogens is 150 g/mol. The smallest absolute Gasteiger partial charge is 0.301 e. The zero-order chi connectivity index (χ0) is 7.65. The predicted octanol–water partition coefficient (Wildman–Crippen LogP) is 1.38. The molecule has 54 valence electrons. The van der Waals surface area contributed by atoms with Crippen LogP contribution in [0.15, 0.2) is 12.2 Å². The van der Waals surface area contributed by atoms with Gasteiger partial charge in [-0.05, 0) is 6.92 Å². The Bertz CT molecular complexity index is 139. The third kappa shape index (κ3) is 1.83. The molecule has 9 heavy (non-hydrogen) atoms. The van der Waals surface area contributed by atoms with E-state index in [9.17, 15) is 13.0 Å². The van der Waals surface area contributed by atoms with Gasteiger partial charge >= 0.3 is 5.25 Å². The summed E-state index contributed by atoms with van der Waals surface area (Å²) in [6, 6.07) is 0. The van der Waals surface area contributed by atoms with Crippen molar-refractivity contribution in [3.8, 4) is 0 Å². The summed E-state index contributed by atoms with van der Waals surface area (Å²) in [7, 11) is 0. The molecule has 1 unspecified atom stereocenters. The maximum Gasteiger partial charge on any atom is 0.365 e. The van der Waals surface area contributed by atoms with E-state index in [1.807, 2.05) is 0 Å². The molecule has 0 radical (unpaired) electrons. The Kier molecular flexibility index (Phi) is 2.45. The summed E-state index contributed by atoms with van der Waals surface area (Å²) < 4.78 is 41.7. The van der Waals surface area contributed by atoms with Crippen molar-refractivity contribution in [3.05, 3.63) is 12.2 Å². The Morgan fingerprint density at radius 2 is 2.11 bits per heavy atom. The zero-order valence-electron chi connectivity index (χ0n) is 4.73. The maximum absolute atomic E-state index is 12.0. The lowest BCUT2D eigenvalue weighted by molar-refractivity contribution is 0.131. The fourth-order valence-corrected chi connectivity index (χ4v) is 0.447. The van der Waals surface area contributed by atoms with Gasteiger partial charge in [-0.3, -0.25) is 0 Å². The van der Waals surface area contributed by atoms with Crippen molar-refractivity contribution in [1.29, 1.82) is 0 Å². The monoisotopic (exact) mass is 156 g/mol. The minimum atomic E-state index is -3.67. The van der Waals surface area contributed by atoms with E-state index in [-0.39, 0.29) is 0 Å². The van der Waals surface area contributed by atoms with Crippen molar-refractivity contribution in [2.24, 2.45) is 0 Å². The molecule has 0 aliphatic heterocycles. The first-order valence-electron chi connectivity index (χ1n) is 2.03. The highest BCUT2D eigenvalue weighted by atomic mass is 32.2. The lowest BCUT2D eigenvalue weighted by Gasteiger charge is -2.09. The second kappa shape index (κ2) is 2.53. The van der Waals surface area contributed by atoms with Crippen LogP contribution < -0.4 is 0 Å². The Labute approximate surface area is 53.9 Å². The van der Waals surface area contributed by atoms with E-state index in [1.165, 1.54) is 0 Å². The number of rotatable bonds is 2. The van der Waals surface area contributed by atoms with Crippen LogP contribution in [-0.4, -0.2) is 14.0 Å². The summed E-state index contributed by atoms with van der Waals surface area (Å²) in [6.45, 7) is 3.84. The molecule has 0 saturated carbocycles. The molecule has 0 aromatic rings. The van der Waals surface area contributed by atoms with E-state index in [1.54, 1.807) is 0 Å². The fraction of sp³-hybridized carbons (Fsp3) is 0.500. The van der Waals surface area contributed by atoms with E-state index < -0.39 is 21.9 Å². The molecule has 1 atom stereocenters. The Hall–Kier alpha value is -0.290. The first kappa shape index (κ1) is 8.71. The normalized spacial score (nSPS) is 15.1. The molecule has 1 N–H and O–H groups in total. The van der Waals surface area contributed by atoms with Crippen LogP contribution in [0.2, 0.25) is 0 Å². The molecule has 0 aliphatic carbocycles. The van der Waals surface area contributed by atoms with Gasteiger partial charge < -0.3 is 4.55 Å². The Balaban J connectivity index is 4.38. The average Bonchev–Trinajstić information content (AvgIpc) is 1.65. The number of halogens is 2. The van der Waals surface area contributed by atoms with Gasteiger partial charge in [0.25, 0.3) is 0 Å². The number of alkyl halides is 2. The van der Waals surface area contributed by atoms with E-state index in [0.29, 0.717) is 0 Å². The summed E-state index contributed by atoms with van der Waals surface area (Å²) >= 11 is -3.14. The lowest BCUT2D eigenvalue weighted by Crippen LogP contribution is -2.22. The van der Waals surface area contributed by atoms with Crippen LogP contribution in [0, 0.1) is 0 Å². The second-order valence-corrected chi connectivity index (χ2v) is 2.56. The molecule has 0 amide bonds. The largest absolute Gasteiger partial charge is 0.365 e. The highest BCUT2D eigenvalue weighted by Gasteiger charge is 2.37. The van der Waals surface area contributed by atoms with Crippen molar-refractivity contribution >= 4 is 11.1 Å². The van der Waals surface area contributed by atoms with Gasteiger partial charge in [-0.1, -0.05) is 6.58 Å². The van der Waals surface area contributed by atoms with Crippen molar-refractivity contribution in [2.45, 2.75) is 12.2 Å². The van der Waals surface area contributed by atoms with E-state index in [2.05, 4.69) is 6.58 Å². The van der Waals surface area contributed by atoms with Gasteiger partial charge in [-0.25, -0.2) is 4.21 Å². The number of hydrogen-bond donors (Lipinski definition) is 1. The standard InChI is InChI=1S/C4H6F2O2S/c1-3(2)4(5,6)9(7)8/h1H2,2H3,(H,7,8). The van der Waals surface area contributed by atoms with E-state index >= 15 is 0 Å². The molecule has 0 bridgehead atoms. The molecule has 0 aliphatic rings. The zero-order valence-corrected chi connectivity index (χ0v) is 5.54. The van der Waals surface area contributed by atoms with Crippen LogP contribution in [0.3, 0.4) is 0 Å². The van der Waals surface area contributed by atoms with Gasteiger partial charge in [0.05, 0.1) is 0 Å². The maximum atomic E-state index is 12.0. The third-order valence-electron chi connectivity index (χ3n) is 0.716. The van der Waals surface area contributed by atoms with E-state index in [0.717, 1.165) is 6.92 Å². The van der Waals surface area contributed by atoms with Gasteiger partial charge in [0.15, 0.2) is 0 Å². The summed E-state index contributed by atoms with van der Waals surface area (Å²) in [5.74, 6) is 0. The first-order chi connectivity index (χ1) is 3.89. The molecule has 5 heteroatoms. The molecule has 0 aromatic carbocycles. The highest BCUT2D eigenvalue weighted by molar-refractivity contribution is 7.80. The molecule has 0 saturated heterocycles. The summed E-state index contributed by atoms with van der Waals surface area (Å²) in [5, 5.41) is -3.67. The van der Waals surface area contributed by atoms with Crippen LogP contribution in [0.5, 0.6) is 0 Å². The van der Waals surface area contributed by atoms with Gasteiger partial charge in [-0.2, -0.15) is 8.78 Å². The topological polar surface area (TPSA) is 37.3 Å². The average molecular weight is 156 g/mol. The minimum absolute atomic E-state index is 0.608. The van der Waals surface area contributed by atoms with Crippen LogP contribution in [-0.2, 0) is 11.1 Å². The fourth-order valence-electron chi connectivity index (χ4n) is 0.149. The van der Waals surface area contributed by atoms with Crippen molar-refractivity contribution in [1.82, 2.24) is 0 Å². The lowest BCUT2D eigenvalue weighted by atomic mass is 10.4. The Morgan fingerprint density at radius 3 is 2.11 bits per heavy atom. The van der Waals surface area contributed by atoms with Gasteiger partial charge in [0.1, 0.15) is 0 Å². The Morgan fingerprint density at radius 1 is 1.78 bits per heavy atom. The van der Waals surface area contributed by atoms with Gasteiger partial charge in [0, 0.05) is 5.57 Å². The van der Waals surface area contributed by atoms with Gasteiger partial charge in [0.2, 0.25) is 11.1 Å². The van der Waals surface area contributed by atoms with Crippen LogP contribution in [0.4, 0.5) is 8.78 Å². The first-order valence-corrected chi connectivity index (χ1v) is 3.14. The number of hydrogen-bond acceptors (Lipinski definition) is 1. The summed E-state index contributed by atoms with van der Waals surface area (Å²) in [6.07, 6.45) is 0. The van der Waals surface area contributed by atoms with Gasteiger partial charge in [-0.15, -0.1) is 0 Å². The molecule has 0 spiro atoms. The van der Waals surface area contributed by atoms with Crippen LogP contribution in [0.25, 0.3) is 0 Å². The van der Waals surface area contributed by atoms with E-state index in [4.69, 9.17) is 4.55 Å². The predicted molar refractivity (Wildman–Crippen MR) is 30.5 cm³/mol. The van der Waals surface area contributed by atoms with Crippen LogP contribution >= 0.6 is 0 Å². The third-order valence-corrected chi connectivity index (χ3v) is 1.50. The molecule has 0 aromatic heterocycles.